The van der Waals surface area contributed by atoms with E-state index < -0.39 is 0 Å². The van der Waals surface area contributed by atoms with E-state index >= 15 is 0 Å². The highest BCUT2D eigenvalue weighted by Crippen LogP contribution is 2.25. The summed E-state index contributed by atoms with van der Waals surface area (Å²) in [5.74, 6) is 2.49. The molecule has 3 rings (SSSR count). The zero-order valence-corrected chi connectivity index (χ0v) is 14.7. The Morgan fingerprint density at radius 2 is 2.10 bits per heavy atom. The average molecular weight is 371 g/mol. The van der Waals surface area contributed by atoms with Gasteiger partial charge in [0.1, 0.15) is 5.82 Å². The van der Waals surface area contributed by atoms with E-state index in [1.165, 1.54) is 31.4 Å². The Kier molecular flexibility index (Phi) is 4.87. The molecule has 21 heavy (non-hydrogen) atoms. The maximum Gasteiger partial charge on any atom is 0.111 e. The molecule has 2 aromatic rings. The van der Waals surface area contributed by atoms with Gasteiger partial charge in [-0.05, 0) is 57.1 Å². The predicted molar refractivity (Wildman–Crippen MR) is 92.1 cm³/mol. The summed E-state index contributed by atoms with van der Waals surface area (Å²) in [5, 5.41) is 0. The second-order valence-electron chi connectivity index (χ2n) is 5.96. The summed E-state index contributed by atoms with van der Waals surface area (Å²) in [7, 11) is 2.21. The summed E-state index contributed by atoms with van der Waals surface area (Å²) in [6, 6.07) is 6.32. The number of aryl methyl sites for hydroxylation is 1. The van der Waals surface area contributed by atoms with E-state index in [9.17, 15) is 0 Å². The molecule has 1 aromatic carbocycles. The number of halogens is 2. The van der Waals surface area contributed by atoms with E-state index in [0.29, 0.717) is 5.88 Å². The molecule has 1 aliphatic rings. The van der Waals surface area contributed by atoms with Crippen molar-refractivity contribution < 1.29 is 0 Å². The van der Waals surface area contributed by atoms with Crippen molar-refractivity contribution in [1.82, 2.24) is 14.5 Å². The summed E-state index contributed by atoms with van der Waals surface area (Å²) >= 11 is 9.53. The average Bonchev–Trinajstić information content (AvgIpc) is 2.79. The normalized spacial score (nSPS) is 17.7. The lowest BCUT2D eigenvalue weighted by Gasteiger charge is -2.29. The first-order valence-corrected chi connectivity index (χ1v) is 8.89. The molecule has 1 aromatic heterocycles. The second-order valence-corrected chi connectivity index (χ2v) is 7.25. The van der Waals surface area contributed by atoms with Crippen LogP contribution in [0.5, 0.6) is 0 Å². The third-order valence-corrected chi connectivity index (χ3v) is 5.07. The molecule has 1 fully saturated rings. The Balaban J connectivity index is 1.91. The van der Waals surface area contributed by atoms with Crippen molar-refractivity contribution in [3.05, 3.63) is 28.5 Å². The van der Waals surface area contributed by atoms with Gasteiger partial charge in [-0.25, -0.2) is 4.98 Å². The van der Waals surface area contributed by atoms with Crippen LogP contribution >= 0.6 is 27.5 Å². The van der Waals surface area contributed by atoms with Crippen LogP contribution in [0.2, 0.25) is 0 Å². The number of fused-ring (bicyclic) bond motifs is 1. The highest BCUT2D eigenvalue weighted by molar-refractivity contribution is 9.10. The van der Waals surface area contributed by atoms with E-state index in [-0.39, 0.29) is 0 Å². The summed E-state index contributed by atoms with van der Waals surface area (Å²) in [4.78, 5) is 7.19. The van der Waals surface area contributed by atoms with E-state index in [2.05, 4.69) is 50.6 Å². The Labute approximate surface area is 139 Å². The van der Waals surface area contributed by atoms with Gasteiger partial charge in [0.15, 0.2) is 0 Å². The van der Waals surface area contributed by atoms with Crippen LogP contribution < -0.4 is 0 Å². The van der Waals surface area contributed by atoms with Crippen molar-refractivity contribution in [2.75, 3.05) is 26.0 Å². The molecule has 3 nitrogen and oxygen atoms in total. The van der Waals surface area contributed by atoms with Gasteiger partial charge in [-0.3, -0.25) is 0 Å². The molecule has 1 aliphatic heterocycles. The van der Waals surface area contributed by atoms with Gasteiger partial charge in [0, 0.05) is 23.3 Å². The molecule has 0 unspecified atom stereocenters. The van der Waals surface area contributed by atoms with Crippen molar-refractivity contribution in [3.8, 4) is 0 Å². The molecule has 0 amide bonds. The van der Waals surface area contributed by atoms with Gasteiger partial charge in [0.2, 0.25) is 0 Å². The first-order chi connectivity index (χ1) is 10.2. The van der Waals surface area contributed by atoms with Gasteiger partial charge >= 0.3 is 0 Å². The molecule has 2 heterocycles. The SMILES string of the molecule is CN1CCC(Cn2c(CCCl)nc3ccc(Br)cc32)CC1. The molecule has 114 valence electrons. The Bertz CT molecular complexity index is 617. The highest BCUT2D eigenvalue weighted by atomic mass is 79.9. The Hall–Kier alpha value is -0.580. The summed E-state index contributed by atoms with van der Waals surface area (Å²) in [6.45, 7) is 3.46. The number of hydrogen-bond donors (Lipinski definition) is 0. The monoisotopic (exact) mass is 369 g/mol. The molecular formula is C16H21BrClN3. The van der Waals surface area contributed by atoms with Crippen molar-refractivity contribution in [2.24, 2.45) is 5.92 Å². The summed E-state index contributed by atoms with van der Waals surface area (Å²) in [5.41, 5.74) is 2.30. The van der Waals surface area contributed by atoms with Crippen LogP contribution in [0.25, 0.3) is 11.0 Å². The molecule has 0 bridgehead atoms. The number of rotatable bonds is 4. The lowest BCUT2D eigenvalue weighted by atomic mass is 9.97. The zero-order chi connectivity index (χ0) is 14.8. The topological polar surface area (TPSA) is 21.1 Å². The van der Waals surface area contributed by atoms with E-state index in [4.69, 9.17) is 16.6 Å². The molecular weight excluding hydrogens is 350 g/mol. The predicted octanol–water partition coefficient (Wildman–Crippen LogP) is 3.92. The van der Waals surface area contributed by atoms with Gasteiger partial charge < -0.3 is 9.47 Å². The zero-order valence-electron chi connectivity index (χ0n) is 12.4. The van der Waals surface area contributed by atoms with Crippen molar-refractivity contribution >= 4 is 38.6 Å². The van der Waals surface area contributed by atoms with Crippen LogP contribution in [0.15, 0.2) is 22.7 Å². The maximum atomic E-state index is 5.96. The smallest absolute Gasteiger partial charge is 0.111 e. The summed E-state index contributed by atoms with van der Waals surface area (Å²) in [6.07, 6.45) is 3.37. The molecule has 0 spiro atoms. The number of aromatic nitrogens is 2. The van der Waals surface area contributed by atoms with E-state index in [1.807, 2.05) is 0 Å². The number of benzene rings is 1. The number of likely N-dealkylation sites (tertiary alicyclic amines) is 1. The minimum Gasteiger partial charge on any atom is -0.328 e. The fourth-order valence-electron chi connectivity index (χ4n) is 3.13. The van der Waals surface area contributed by atoms with Crippen molar-refractivity contribution in [3.63, 3.8) is 0 Å². The molecule has 0 aliphatic carbocycles. The standard InChI is InChI=1S/C16H21BrClN3/c1-20-8-5-12(6-9-20)11-21-15-10-13(17)2-3-14(15)19-16(21)4-7-18/h2-3,10,12H,4-9,11H2,1H3. The van der Waals surface area contributed by atoms with Gasteiger partial charge in [-0.1, -0.05) is 15.9 Å². The lowest BCUT2D eigenvalue weighted by molar-refractivity contribution is 0.205. The van der Waals surface area contributed by atoms with Gasteiger partial charge in [-0.15, -0.1) is 11.6 Å². The van der Waals surface area contributed by atoms with E-state index in [0.717, 1.165) is 34.7 Å². The molecule has 5 heteroatoms. The lowest BCUT2D eigenvalue weighted by Crippen LogP contribution is -2.32. The minimum absolute atomic E-state index is 0.623. The number of imidazole rings is 1. The largest absolute Gasteiger partial charge is 0.328 e. The first-order valence-electron chi connectivity index (χ1n) is 7.56. The van der Waals surface area contributed by atoms with Gasteiger partial charge in [0.05, 0.1) is 11.0 Å². The molecule has 0 saturated carbocycles. The van der Waals surface area contributed by atoms with Crippen LogP contribution in [0, 0.1) is 5.92 Å². The Morgan fingerprint density at radius 1 is 1.33 bits per heavy atom. The quantitative estimate of drug-likeness (QED) is 0.761. The third-order valence-electron chi connectivity index (χ3n) is 4.39. The number of piperidine rings is 1. The number of hydrogen-bond acceptors (Lipinski definition) is 2. The molecule has 0 atom stereocenters. The fraction of sp³-hybridized carbons (Fsp3) is 0.562. The maximum absolute atomic E-state index is 5.96. The Morgan fingerprint density at radius 3 is 2.81 bits per heavy atom. The van der Waals surface area contributed by atoms with Crippen molar-refractivity contribution in [1.29, 1.82) is 0 Å². The van der Waals surface area contributed by atoms with Crippen LogP contribution in [0.3, 0.4) is 0 Å². The minimum atomic E-state index is 0.623. The van der Waals surface area contributed by atoms with Crippen LogP contribution in [0.1, 0.15) is 18.7 Å². The van der Waals surface area contributed by atoms with E-state index in [1.54, 1.807) is 0 Å². The molecule has 0 N–H and O–H groups in total. The molecule has 1 saturated heterocycles. The third kappa shape index (κ3) is 3.43. The first kappa shape index (κ1) is 15.3. The van der Waals surface area contributed by atoms with Gasteiger partial charge in [0.25, 0.3) is 0 Å². The summed E-state index contributed by atoms with van der Waals surface area (Å²) < 4.78 is 3.50. The van der Waals surface area contributed by atoms with Crippen LogP contribution in [0.4, 0.5) is 0 Å². The molecule has 0 radical (unpaired) electrons. The number of alkyl halides is 1. The highest BCUT2D eigenvalue weighted by Gasteiger charge is 2.20. The van der Waals surface area contributed by atoms with Gasteiger partial charge in [-0.2, -0.15) is 0 Å². The van der Waals surface area contributed by atoms with Crippen LogP contribution in [-0.2, 0) is 13.0 Å². The number of nitrogens with zero attached hydrogens (tertiary/aromatic N) is 3. The fourth-order valence-corrected chi connectivity index (χ4v) is 3.65. The van der Waals surface area contributed by atoms with Crippen molar-refractivity contribution in [2.45, 2.75) is 25.8 Å². The second kappa shape index (κ2) is 6.67. The van der Waals surface area contributed by atoms with Crippen LogP contribution in [-0.4, -0.2) is 40.5 Å².